The van der Waals surface area contributed by atoms with Crippen LogP contribution in [0.2, 0.25) is 0 Å². The van der Waals surface area contributed by atoms with Gasteiger partial charge in [0.25, 0.3) is 0 Å². The fourth-order valence-electron chi connectivity index (χ4n) is 4.41. The number of aliphatic hydroxyl groups is 1. The van der Waals surface area contributed by atoms with Crippen molar-refractivity contribution in [2.45, 2.75) is 43.8 Å². The highest BCUT2D eigenvalue weighted by Gasteiger charge is 2.45. The van der Waals surface area contributed by atoms with Gasteiger partial charge >= 0.3 is 6.29 Å². The number of fused-ring (bicyclic) bond motifs is 2. The number of hydrogen-bond donors (Lipinski definition) is 2. The SMILES string of the molecule is CC1(CO)Cc2c1cc(C(CN)C1CC1)nc2-c1ccc2c(c1)OC(F)(F)O2. The molecule has 1 fully saturated rings. The summed E-state index contributed by atoms with van der Waals surface area (Å²) >= 11 is 0. The summed E-state index contributed by atoms with van der Waals surface area (Å²) < 4.78 is 35.9. The summed E-state index contributed by atoms with van der Waals surface area (Å²) in [4.78, 5) is 4.90. The molecule has 2 unspecified atom stereocenters. The molecule has 2 aromatic rings. The zero-order chi connectivity index (χ0) is 19.7. The average Bonchev–Trinajstić information content (AvgIpc) is 3.43. The summed E-state index contributed by atoms with van der Waals surface area (Å²) in [5.74, 6) is 0.734. The summed E-state index contributed by atoms with van der Waals surface area (Å²) in [5, 5.41) is 9.88. The van der Waals surface area contributed by atoms with Gasteiger partial charge in [-0.1, -0.05) is 6.92 Å². The molecule has 3 aliphatic rings. The predicted molar refractivity (Wildman–Crippen MR) is 98.5 cm³/mol. The highest BCUT2D eigenvalue weighted by molar-refractivity contribution is 5.72. The number of nitrogens with two attached hydrogens (primary N) is 1. The topological polar surface area (TPSA) is 77.6 Å². The number of alkyl halides is 2. The monoisotopic (exact) mass is 388 g/mol. The first kappa shape index (κ1) is 17.8. The number of hydrogen-bond acceptors (Lipinski definition) is 5. The third-order valence-corrected chi connectivity index (χ3v) is 6.21. The van der Waals surface area contributed by atoms with Crippen molar-refractivity contribution in [2.75, 3.05) is 13.2 Å². The van der Waals surface area contributed by atoms with E-state index in [1.54, 1.807) is 12.1 Å². The highest BCUT2D eigenvalue weighted by Crippen LogP contribution is 2.50. The molecule has 0 bridgehead atoms. The van der Waals surface area contributed by atoms with Gasteiger partial charge in [-0.2, -0.15) is 0 Å². The number of benzene rings is 1. The molecule has 0 saturated heterocycles. The smallest absolute Gasteiger partial charge is 0.395 e. The highest BCUT2D eigenvalue weighted by atomic mass is 19.3. The van der Waals surface area contributed by atoms with Crippen LogP contribution in [-0.2, 0) is 11.8 Å². The molecule has 1 saturated carbocycles. The lowest BCUT2D eigenvalue weighted by Crippen LogP contribution is -2.40. The van der Waals surface area contributed by atoms with Crippen LogP contribution in [0.1, 0.15) is 42.5 Å². The van der Waals surface area contributed by atoms with Gasteiger partial charge < -0.3 is 20.3 Å². The molecular weight excluding hydrogens is 366 g/mol. The lowest BCUT2D eigenvalue weighted by Gasteiger charge is -2.41. The standard InChI is InChI=1S/C21H22F2N2O3/c1-20(10-26)8-13-15(20)7-16(14(9-24)11-2-3-11)25-19(13)12-4-5-17-18(6-12)28-21(22,23)27-17/h4-7,11,14,26H,2-3,8-10,24H2,1H3. The van der Waals surface area contributed by atoms with Crippen LogP contribution >= 0.6 is 0 Å². The van der Waals surface area contributed by atoms with Crippen molar-refractivity contribution in [1.82, 2.24) is 4.98 Å². The van der Waals surface area contributed by atoms with Crippen LogP contribution < -0.4 is 15.2 Å². The van der Waals surface area contributed by atoms with Gasteiger partial charge in [0.05, 0.1) is 12.3 Å². The largest absolute Gasteiger partial charge is 0.586 e. The van der Waals surface area contributed by atoms with Crippen LogP contribution in [0.5, 0.6) is 11.5 Å². The van der Waals surface area contributed by atoms with E-state index in [-0.39, 0.29) is 29.4 Å². The van der Waals surface area contributed by atoms with E-state index in [1.807, 2.05) is 6.92 Å². The lowest BCUT2D eigenvalue weighted by atomic mass is 9.64. The predicted octanol–water partition coefficient (Wildman–Crippen LogP) is 3.33. The Morgan fingerprint density at radius 2 is 2.00 bits per heavy atom. The van der Waals surface area contributed by atoms with Gasteiger partial charge in [0, 0.05) is 29.1 Å². The van der Waals surface area contributed by atoms with E-state index in [0.29, 0.717) is 24.4 Å². The quantitative estimate of drug-likeness (QED) is 0.822. The van der Waals surface area contributed by atoms with Crippen molar-refractivity contribution >= 4 is 0 Å². The first-order valence-electron chi connectivity index (χ1n) is 9.59. The first-order chi connectivity index (χ1) is 13.3. The van der Waals surface area contributed by atoms with E-state index in [0.717, 1.165) is 35.4 Å². The molecular formula is C21H22F2N2O3. The van der Waals surface area contributed by atoms with E-state index in [1.165, 1.54) is 6.07 Å². The minimum Gasteiger partial charge on any atom is -0.395 e. The Morgan fingerprint density at radius 1 is 1.25 bits per heavy atom. The Hall–Kier alpha value is -2.25. The number of rotatable bonds is 5. The summed E-state index contributed by atoms with van der Waals surface area (Å²) in [6, 6.07) is 6.83. The minimum absolute atomic E-state index is 0.00487. The molecule has 0 spiro atoms. The van der Waals surface area contributed by atoms with E-state index in [9.17, 15) is 13.9 Å². The molecule has 5 rings (SSSR count). The molecule has 2 aliphatic carbocycles. The fourth-order valence-corrected chi connectivity index (χ4v) is 4.41. The van der Waals surface area contributed by atoms with Gasteiger partial charge in [-0.05, 0) is 60.6 Å². The Morgan fingerprint density at radius 3 is 2.68 bits per heavy atom. The molecule has 5 nitrogen and oxygen atoms in total. The third-order valence-electron chi connectivity index (χ3n) is 6.21. The van der Waals surface area contributed by atoms with Crippen LogP contribution in [0.15, 0.2) is 24.3 Å². The van der Waals surface area contributed by atoms with Crippen LogP contribution in [0, 0.1) is 5.92 Å². The summed E-state index contributed by atoms with van der Waals surface area (Å²) in [7, 11) is 0. The van der Waals surface area contributed by atoms with Crippen LogP contribution in [0.3, 0.4) is 0 Å². The molecule has 1 aliphatic heterocycles. The van der Waals surface area contributed by atoms with E-state index >= 15 is 0 Å². The molecule has 0 amide bonds. The van der Waals surface area contributed by atoms with Crippen LogP contribution in [-0.4, -0.2) is 29.5 Å². The van der Waals surface area contributed by atoms with Gasteiger partial charge in [-0.25, -0.2) is 0 Å². The Kier molecular flexibility index (Phi) is 3.74. The van der Waals surface area contributed by atoms with Crippen LogP contribution in [0.4, 0.5) is 8.78 Å². The lowest BCUT2D eigenvalue weighted by molar-refractivity contribution is -0.286. The second-order valence-corrected chi connectivity index (χ2v) is 8.33. The van der Waals surface area contributed by atoms with Gasteiger partial charge in [-0.3, -0.25) is 4.98 Å². The Bertz CT molecular complexity index is 961. The van der Waals surface area contributed by atoms with E-state index < -0.39 is 6.29 Å². The van der Waals surface area contributed by atoms with Crippen molar-refractivity contribution in [3.63, 3.8) is 0 Å². The number of pyridine rings is 1. The van der Waals surface area contributed by atoms with Crippen molar-refractivity contribution < 1.29 is 23.4 Å². The molecule has 28 heavy (non-hydrogen) atoms. The zero-order valence-corrected chi connectivity index (χ0v) is 15.5. The second-order valence-electron chi connectivity index (χ2n) is 8.33. The van der Waals surface area contributed by atoms with Gasteiger partial charge in [0.1, 0.15) is 0 Å². The number of halogens is 2. The molecule has 1 aromatic carbocycles. The van der Waals surface area contributed by atoms with Gasteiger partial charge in [-0.15, -0.1) is 8.78 Å². The third kappa shape index (κ3) is 2.68. The van der Waals surface area contributed by atoms with Gasteiger partial charge in [0.15, 0.2) is 11.5 Å². The summed E-state index contributed by atoms with van der Waals surface area (Å²) in [5.41, 5.74) is 10.2. The molecule has 3 N–H and O–H groups in total. The number of aromatic nitrogens is 1. The molecule has 7 heteroatoms. The minimum atomic E-state index is -3.65. The Labute approximate surface area is 161 Å². The van der Waals surface area contributed by atoms with Gasteiger partial charge in [0.2, 0.25) is 0 Å². The second kappa shape index (κ2) is 5.87. The number of nitrogens with zero attached hydrogens (tertiary/aromatic N) is 1. The van der Waals surface area contributed by atoms with E-state index in [2.05, 4.69) is 15.5 Å². The molecule has 1 aromatic heterocycles. The molecule has 2 heterocycles. The maximum Gasteiger partial charge on any atom is 0.586 e. The average molecular weight is 388 g/mol. The van der Waals surface area contributed by atoms with Crippen molar-refractivity contribution in [3.8, 4) is 22.8 Å². The molecule has 0 radical (unpaired) electrons. The number of ether oxygens (including phenoxy) is 2. The maximum atomic E-state index is 13.4. The van der Waals surface area contributed by atoms with E-state index in [4.69, 9.17) is 10.7 Å². The normalized spacial score (nSPS) is 25.2. The molecule has 148 valence electrons. The van der Waals surface area contributed by atoms with Crippen LogP contribution in [0.25, 0.3) is 11.3 Å². The summed E-state index contributed by atoms with van der Waals surface area (Å²) in [6.45, 7) is 2.59. The fraction of sp³-hybridized carbons (Fsp3) is 0.476. The number of aliphatic hydroxyl groups excluding tert-OH is 1. The maximum absolute atomic E-state index is 13.4. The van der Waals surface area contributed by atoms with Crippen molar-refractivity contribution in [1.29, 1.82) is 0 Å². The van der Waals surface area contributed by atoms with Crippen molar-refractivity contribution in [3.05, 3.63) is 41.1 Å². The Balaban J connectivity index is 1.62. The van der Waals surface area contributed by atoms with Crippen molar-refractivity contribution in [2.24, 2.45) is 11.7 Å². The first-order valence-corrected chi connectivity index (χ1v) is 9.59. The molecule has 2 atom stereocenters. The summed E-state index contributed by atoms with van der Waals surface area (Å²) in [6.07, 6.45) is -0.672. The zero-order valence-electron chi connectivity index (χ0n) is 15.5.